The summed E-state index contributed by atoms with van der Waals surface area (Å²) in [5.41, 5.74) is 20.2. The molecule has 58 heavy (non-hydrogen) atoms. The van der Waals surface area contributed by atoms with Crippen molar-refractivity contribution in [1.29, 1.82) is 0 Å². The highest BCUT2D eigenvalue weighted by molar-refractivity contribution is 6.10. The van der Waals surface area contributed by atoms with Crippen LogP contribution in [0.25, 0.3) is 94.5 Å². The van der Waals surface area contributed by atoms with Crippen LogP contribution in [-0.2, 0) is 5.41 Å². The van der Waals surface area contributed by atoms with Crippen LogP contribution in [0.4, 0.5) is 0 Å². The lowest BCUT2D eigenvalue weighted by Crippen LogP contribution is -2.14. The second-order valence-electron chi connectivity index (χ2n) is 16.0. The Kier molecular flexibility index (Phi) is 7.87. The predicted molar refractivity (Wildman–Crippen MR) is 243 cm³/mol. The Morgan fingerprint density at radius 2 is 0.897 bits per heavy atom. The van der Waals surface area contributed by atoms with Gasteiger partial charge in [0.05, 0.1) is 22.4 Å². The predicted octanol–water partition coefficient (Wildman–Crippen LogP) is 14.8. The van der Waals surface area contributed by atoms with E-state index in [-0.39, 0.29) is 5.41 Å². The maximum absolute atomic E-state index is 5.25. The van der Waals surface area contributed by atoms with Crippen molar-refractivity contribution in [3.05, 3.63) is 217 Å². The fraction of sp³-hybridized carbons (Fsp3) is 0.0536. The number of hydrogen-bond acceptors (Lipinski definition) is 1. The molecule has 0 N–H and O–H groups in total. The second-order valence-corrected chi connectivity index (χ2v) is 16.0. The first-order valence-electron chi connectivity index (χ1n) is 20.1. The minimum atomic E-state index is -0.0247. The highest BCUT2D eigenvalue weighted by atomic mass is 15.0. The van der Waals surface area contributed by atoms with E-state index in [2.05, 4.69) is 225 Å². The van der Waals surface area contributed by atoms with Gasteiger partial charge in [-0.05, 0) is 98.1 Å². The van der Waals surface area contributed by atoms with Crippen LogP contribution in [0, 0.1) is 0 Å². The third-order valence-electron chi connectivity index (χ3n) is 12.2. The van der Waals surface area contributed by atoms with E-state index in [1.165, 1.54) is 71.9 Å². The number of nitrogens with zero attached hydrogens (tertiary/aromatic N) is 2. The van der Waals surface area contributed by atoms with Gasteiger partial charge in [-0.15, -0.1) is 0 Å². The standard InChI is InChI=1S/C56H40N2/c1-56(2)50-22-11-9-20-46(50)47-30-28-41(33-51(47)56)38-24-26-39(27-25-38)42-29-31-49-48-21-10-12-23-54(48)58(55(49)36-42)45-19-13-18-43(32-45)53-35-44(37-14-5-3-6-15-37)34-52(57-53)40-16-7-4-8-17-40/h3-36H,1-2H3. The van der Waals surface area contributed by atoms with E-state index in [9.17, 15) is 0 Å². The lowest BCUT2D eigenvalue weighted by molar-refractivity contribution is 0.660. The van der Waals surface area contributed by atoms with Gasteiger partial charge in [-0.1, -0.05) is 178 Å². The Morgan fingerprint density at radius 3 is 1.67 bits per heavy atom. The normalized spacial score (nSPS) is 12.8. The number of rotatable bonds is 6. The number of para-hydroxylation sites is 1. The van der Waals surface area contributed by atoms with Crippen LogP contribution in [0.3, 0.4) is 0 Å². The molecule has 0 atom stereocenters. The summed E-state index contributed by atoms with van der Waals surface area (Å²) >= 11 is 0. The molecule has 8 aromatic carbocycles. The lowest BCUT2D eigenvalue weighted by atomic mass is 9.81. The Morgan fingerprint density at radius 1 is 0.345 bits per heavy atom. The molecule has 0 unspecified atom stereocenters. The molecule has 0 bridgehead atoms. The van der Waals surface area contributed by atoms with Gasteiger partial charge >= 0.3 is 0 Å². The third-order valence-corrected chi connectivity index (χ3v) is 12.2. The molecule has 0 radical (unpaired) electrons. The van der Waals surface area contributed by atoms with Crippen molar-refractivity contribution < 1.29 is 0 Å². The van der Waals surface area contributed by atoms with E-state index < -0.39 is 0 Å². The highest BCUT2D eigenvalue weighted by Gasteiger charge is 2.35. The second kappa shape index (κ2) is 13.4. The summed E-state index contributed by atoms with van der Waals surface area (Å²) in [4.78, 5) is 5.25. The van der Waals surface area contributed by atoms with Crippen LogP contribution in [0.1, 0.15) is 25.0 Å². The van der Waals surface area contributed by atoms with Gasteiger partial charge in [0, 0.05) is 33.0 Å². The van der Waals surface area contributed by atoms with Crippen molar-refractivity contribution in [2.75, 3.05) is 0 Å². The van der Waals surface area contributed by atoms with Crippen molar-refractivity contribution in [3.8, 4) is 72.7 Å². The van der Waals surface area contributed by atoms with Crippen molar-refractivity contribution in [2.24, 2.45) is 0 Å². The lowest BCUT2D eigenvalue weighted by Gasteiger charge is -2.22. The van der Waals surface area contributed by atoms with Crippen LogP contribution in [0.5, 0.6) is 0 Å². The molecule has 10 aromatic rings. The monoisotopic (exact) mass is 740 g/mol. The Balaban J connectivity index is 0.990. The molecule has 274 valence electrons. The number of hydrogen-bond donors (Lipinski definition) is 0. The smallest absolute Gasteiger partial charge is 0.0716 e. The van der Waals surface area contributed by atoms with E-state index >= 15 is 0 Å². The minimum Gasteiger partial charge on any atom is -0.309 e. The molecule has 0 saturated heterocycles. The highest BCUT2D eigenvalue weighted by Crippen LogP contribution is 2.49. The van der Waals surface area contributed by atoms with Crippen molar-refractivity contribution in [2.45, 2.75) is 19.3 Å². The largest absolute Gasteiger partial charge is 0.309 e. The summed E-state index contributed by atoms with van der Waals surface area (Å²) in [6.45, 7) is 4.69. The first-order chi connectivity index (χ1) is 28.5. The molecular weight excluding hydrogens is 701 g/mol. The van der Waals surface area contributed by atoms with E-state index in [0.717, 1.165) is 33.8 Å². The summed E-state index contributed by atoms with van der Waals surface area (Å²) in [6, 6.07) is 74.9. The minimum absolute atomic E-state index is 0.0247. The molecule has 11 rings (SSSR count). The van der Waals surface area contributed by atoms with Crippen LogP contribution < -0.4 is 0 Å². The molecule has 2 nitrogen and oxygen atoms in total. The van der Waals surface area contributed by atoms with Gasteiger partial charge in [0.2, 0.25) is 0 Å². The molecule has 0 fully saturated rings. The molecule has 0 spiro atoms. The van der Waals surface area contributed by atoms with E-state index in [0.29, 0.717) is 0 Å². The van der Waals surface area contributed by atoms with Crippen LogP contribution in [-0.4, -0.2) is 9.55 Å². The van der Waals surface area contributed by atoms with Crippen molar-refractivity contribution in [3.63, 3.8) is 0 Å². The summed E-state index contributed by atoms with van der Waals surface area (Å²) in [5, 5.41) is 2.47. The first kappa shape index (κ1) is 34.0. The average molecular weight is 741 g/mol. The molecule has 1 aliphatic carbocycles. The van der Waals surface area contributed by atoms with Gasteiger partial charge < -0.3 is 4.57 Å². The maximum Gasteiger partial charge on any atom is 0.0716 e. The van der Waals surface area contributed by atoms with E-state index in [1.807, 2.05) is 0 Å². The SMILES string of the molecule is CC1(C)c2ccccc2-c2ccc(-c3ccc(-c4ccc5c6ccccc6n(-c6cccc(-c7cc(-c8ccccc8)cc(-c8ccccc8)n7)c6)c5c4)cc3)cc21. The quantitative estimate of drug-likeness (QED) is 0.166. The third kappa shape index (κ3) is 5.60. The van der Waals surface area contributed by atoms with E-state index in [4.69, 9.17) is 4.98 Å². The van der Waals surface area contributed by atoms with Gasteiger partial charge in [-0.3, -0.25) is 0 Å². The van der Waals surface area contributed by atoms with Gasteiger partial charge in [-0.2, -0.15) is 0 Å². The molecule has 1 aliphatic rings. The Bertz CT molecular complexity index is 3110. The molecule has 0 saturated carbocycles. The number of fused-ring (bicyclic) bond motifs is 6. The molecule has 2 aromatic heterocycles. The van der Waals surface area contributed by atoms with Crippen molar-refractivity contribution >= 4 is 21.8 Å². The molecule has 0 amide bonds. The summed E-state index contributed by atoms with van der Waals surface area (Å²) in [6.07, 6.45) is 0. The Labute approximate surface area is 339 Å². The molecule has 0 aliphatic heterocycles. The Hall–Kier alpha value is -7.29. The number of benzene rings is 8. The molecule has 2 heteroatoms. The maximum atomic E-state index is 5.25. The van der Waals surface area contributed by atoms with Crippen molar-refractivity contribution in [1.82, 2.24) is 9.55 Å². The molecular formula is C56H40N2. The van der Waals surface area contributed by atoms with Gasteiger partial charge in [0.1, 0.15) is 0 Å². The molecule has 2 heterocycles. The number of aromatic nitrogens is 2. The van der Waals surface area contributed by atoms with Gasteiger partial charge in [0.25, 0.3) is 0 Å². The van der Waals surface area contributed by atoms with Crippen LogP contribution in [0.2, 0.25) is 0 Å². The van der Waals surface area contributed by atoms with Crippen LogP contribution in [0.15, 0.2) is 206 Å². The first-order valence-corrected chi connectivity index (χ1v) is 20.1. The zero-order chi connectivity index (χ0) is 38.8. The van der Waals surface area contributed by atoms with Crippen LogP contribution >= 0.6 is 0 Å². The van der Waals surface area contributed by atoms with Gasteiger partial charge in [0.15, 0.2) is 0 Å². The zero-order valence-corrected chi connectivity index (χ0v) is 32.5. The number of pyridine rings is 1. The fourth-order valence-electron chi connectivity index (χ4n) is 9.20. The fourth-order valence-corrected chi connectivity index (χ4v) is 9.20. The zero-order valence-electron chi connectivity index (χ0n) is 32.5. The summed E-state index contributed by atoms with van der Waals surface area (Å²) in [7, 11) is 0. The average Bonchev–Trinajstić information content (AvgIpc) is 3.74. The summed E-state index contributed by atoms with van der Waals surface area (Å²) < 4.78 is 2.41. The van der Waals surface area contributed by atoms with E-state index in [1.54, 1.807) is 0 Å². The topological polar surface area (TPSA) is 17.8 Å². The summed E-state index contributed by atoms with van der Waals surface area (Å²) in [5.74, 6) is 0. The van der Waals surface area contributed by atoms with Gasteiger partial charge in [-0.25, -0.2) is 4.98 Å².